The monoisotopic (exact) mass is 478 g/mol. The minimum absolute atomic E-state index is 0.00185. The van der Waals surface area contributed by atoms with Gasteiger partial charge < -0.3 is 18.9 Å². The van der Waals surface area contributed by atoms with Gasteiger partial charge in [0.25, 0.3) is 0 Å². The number of hydrogen-bond donors (Lipinski definition) is 0. The maximum absolute atomic E-state index is 11.8. The molecule has 0 amide bonds. The first-order valence-corrected chi connectivity index (χ1v) is 9.87. The van der Waals surface area contributed by atoms with Crippen LogP contribution in [-0.4, -0.2) is 52.4 Å². The van der Waals surface area contributed by atoms with Crippen molar-refractivity contribution in [3.63, 3.8) is 0 Å². The zero-order valence-electron chi connectivity index (χ0n) is 16.1. The van der Waals surface area contributed by atoms with E-state index in [0.29, 0.717) is 11.0 Å². The number of imidazole rings is 1. The molecule has 2 heterocycles. The van der Waals surface area contributed by atoms with Gasteiger partial charge in [0.15, 0.2) is 24.5 Å². The number of aromatic nitrogens is 2. The molecule has 0 bridgehead atoms. The molecular weight excluding hydrogens is 463 g/mol. The zero-order chi connectivity index (χ0) is 22.2. The fourth-order valence-corrected chi connectivity index (χ4v) is 3.84. The van der Waals surface area contributed by atoms with Crippen molar-refractivity contribution in [3.05, 3.63) is 27.5 Å². The molecule has 1 fully saturated rings. The van der Waals surface area contributed by atoms with E-state index in [-0.39, 0.29) is 21.9 Å². The molecule has 1 aliphatic rings. The zero-order valence-corrected chi connectivity index (χ0v) is 18.3. The van der Waals surface area contributed by atoms with Crippen LogP contribution in [-0.2, 0) is 33.3 Å². The van der Waals surface area contributed by atoms with Crippen molar-refractivity contribution in [2.45, 2.75) is 45.3 Å². The fraction of sp³-hybridized carbons (Fsp3) is 0.444. The molecule has 0 unspecified atom stereocenters. The highest BCUT2D eigenvalue weighted by Gasteiger charge is 2.48. The minimum atomic E-state index is -1.20. The number of hydrogen-bond acceptors (Lipinski definition) is 8. The highest BCUT2D eigenvalue weighted by atomic mass is 35.5. The van der Waals surface area contributed by atoms with Crippen LogP contribution in [0.5, 0.6) is 0 Å². The predicted molar refractivity (Wildman–Crippen MR) is 106 cm³/mol. The van der Waals surface area contributed by atoms with Crippen molar-refractivity contribution in [3.8, 4) is 0 Å². The smallest absolute Gasteiger partial charge is 0.303 e. The Hall–Kier alpha value is -2.07. The second kappa shape index (κ2) is 8.97. The maximum atomic E-state index is 11.8. The van der Waals surface area contributed by atoms with Crippen molar-refractivity contribution in [1.29, 1.82) is 0 Å². The molecule has 4 atom stereocenters. The summed E-state index contributed by atoms with van der Waals surface area (Å²) < 4.78 is 23.2. The SMILES string of the molecule is CC(=O)O[C@H]1[C@H](OC(C)=O)[C@H](n2c(Cl)nc3cc(Cl)c(Cl)cc32)OC[C@@H]1OC(C)=O. The van der Waals surface area contributed by atoms with E-state index in [1.807, 2.05) is 0 Å². The molecule has 162 valence electrons. The Kier molecular flexibility index (Phi) is 6.76. The van der Waals surface area contributed by atoms with Crippen molar-refractivity contribution in [1.82, 2.24) is 9.55 Å². The lowest BCUT2D eigenvalue weighted by Crippen LogP contribution is -2.55. The summed E-state index contributed by atoms with van der Waals surface area (Å²) in [5, 5.41) is 0.522. The third-order valence-electron chi connectivity index (χ3n) is 4.27. The van der Waals surface area contributed by atoms with Crippen LogP contribution in [0.4, 0.5) is 0 Å². The molecule has 30 heavy (non-hydrogen) atoms. The Morgan fingerprint density at radius 3 is 2.13 bits per heavy atom. The Balaban J connectivity index is 2.11. The van der Waals surface area contributed by atoms with E-state index in [4.69, 9.17) is 53.8 Å². The van der Waals surface area contributed by atoms with Crippen LogP contribution in [0.2, 0.25) is 15.3 Å². The Labute approximate surface area is 186 Å². The van der Waals surface area contributed by atoms with Crippen LogP contribution in [0, 0.1) is 0 Å². The van der Waals surface area contributed by atoms with E-state index < -0.39 is 42.4 Å². The van der Waals surface area contributed by atoms with Gasteiger partial charge in [0.05, 0.1) is 27.7 Å². The van der Waals surface area contributed by atoms with Crippen molar-refractivity contribution < 1.29 is 33.3 Å². The number of carbonyl (C=O) groups is 3. The summed E-state index contributed by atoms with van der Waals surface area (Å²) in [6.07, 6.45) is -4.41. The number of halogens is 3. The molecule has 1 saturated heterocycles. The van der Waals surface area contributed by atoms with Gasteiger partial charge in [-0.25, -0.2) is 4.98 Å². The maximum Gasteiger partial charge on any atom is 0.303 e. The van der Waals surface area contributed by atoms with E-state index in [1.54, 1.807) is 0 Å². The van der Waals surface area contributed by atoms with Crippen LogP contribution in [0.25, 0.3) is 11.0 Å². The van der Waals surface area contributed by atoms with Crippen molar-refractivity contribution in [2.24, 2.45) is 0 Å². The van der Waals surface area contributed by atoms with Gasteiger partial charge in [0, 0.05) is 20.8 Å². The Morgan fingerprint density at radius 1 is 0.967 bits per heavy atom. The molecule has 1 aromatic heterocycles. The van der Waals surface area contributed by atoms with E-state index in [1.165, 1.54) is 37.5 Å². The largest absolute Gasteiger partial charge is 0.456 e. The van der Waals surface area contributed by atoms with E-state index in [2.05, 4.69) is 4.98 Å². The number of fused-ring (bicyclic) bond motifs is 1. The van der Waals surface area contributed by atoms with Crippen molar-refractivity contribution >= 4 is 63.7 Å². The predicted octanol–water partition coefficient (Wildman–Crippen LogP) is 3.32. The Bertz CT molecular complexity index is 1010. The first kappa shape index (κ1) is 22.6. The number of carbonyl (C=O) groups excluding carboxylic acids is 3. The van der Waals surface area contributed by atoms with E-state index >= 15 is 0 Å². The summed E-state index contributed by atoms with van der Waals surface area (Å²) in [6, 6.07) is 3.06. The van der Waals surface area contributed by atoms with Gasteiger partial charge in [-0.05, 0) is 23.7 Å². The molecule has 9 nitrogen and oxygen atoms in total. The van der Waals surface area contributed by atoms with Gasteiger partial charge >= 0.3 is 17.9 Å². The van der Waals surface area contributed by atoms with Gasteiger partial charge in [-0.1, -0.05) is 23.2 Å². The normalized spacial score (nSPS) is 23.8. The lowest BCUT2D eigenvalue weighted by atomic mass is 10.0. The number of benzene rings is 1. The van der Waals surface area contributed by atoms with Crippen molar-refractivity contribution in [2.75, 3.05) is 6.61 Å². The molecule has 0 radical (unpaired) electrons. The number of rotatable bonds is 4. The topological polar surface area (TPSA) is 106 Å². The minimum Gasteiger partial charge on any atom is -0.456 e. The van der Waals surface area contributed by atoms with Gasteiger partial charge in [-0.3, -0.25) is 19.0 Å². The molecule has 2 aromatic rings. The molecule has 0 spiro atoms. The van der Waals surface area contributed by atoms with Crippen LogP contribution in [0.3, 0.4) is 0 Å². The lowest BCUT2D eigenvalue weighted by Gasteiger charge is -2.41. The quantitative estimate of drug-likeness (QED) is 0.486. The Morgan fingerprint density at radius 2 is 1.53 bits per heavy atom. The summed E-state index contributed by atoms with van der Waals surface area (Å²) in [7, 11) is 0. The third kappa shape index (κ3) is 4.64. The molecule has 12 heteroatoms. The second-order valence-electron chi connectivity index (χ2n) is 6.53. The summed E-state index contributed by atoms with van der Waals surface area (Å²) in [5.74, 6) is -1.95. The van der Waals surface area contributed by atoms with Gasteiger partial charge in [-0.2, -0.15) is 0 Å². The van der Waals surface area contributed by atoms with Crippen LogP contribution < -0.4 is 0 Å². The molecule has 1 aliphatic heterocycles. The molecule has 3 rings (SSSR count). The van der Waals surface area contributed by atoms with Crippen LogP contribution in [0.15, 0.2) is 12.1 Å². The lowest BCUT2D eigenvalue weighted by molar-refractivity contribution is -0.239. The standard InChI is InChI=1S/C18H17Cl3N2O7/c1-7(24)28-14-6-27-17(16(30-9(3)26)15(14)29-8(2)25)23-13-5-11(20)10(19)4-12(13)22-18(23)21/h4-5,14-17H,6H2,1-3H3/t14-,15+,16-,17+/m0/s1. The summed E-state index contributed by atoms with van der Waals surface area (Å²) in [6.45, 7) is 3.41. The molecule has 1 aromatic carbocycles. The third-order valence-corrected chi connectivity index (χ3v) is 5.26. The summed E-state index contributed by atoms with van der Waals surface area (Å²) in [4.78, 5) is 39.2. The molecule has 0 N–H and O–H groups in total. The highest BCUT2D eigenvalue weighted by Crippen LogP contribution is 2.37. The average molecular weight is 480 g/mol. The van der Waals surface area contributed by atoms with Crippen LogP contribution >= 0.6 is 34.8 Å². The van der Waals surface area contributed by atoms with Gasteiger partial charge in [-0.15, -0.1) is 0 Å². The number of esters is 3. The van der Waals surface area contributed by atoms with E-state index in [9.17, 15) is 14.4 Å². The summed E-state index contributed by atoms with van der Waals surface area (Å²) >= 11 is 18.5. The average Bonchev–Trinajstić information content (AvgIpc) is 2.92. The number of nitrogens with zero attached hydrogens (tertiary/aromatic N) is 2. The molecular formula is C18H17Cl3N2O7. The molecule has 0 saturated carbocycles. The van der Waals surface area contributed by atoms with Gasteiger partial charge in [0.1, 0.15) is 0 Å². The first-order chi connectivity index (χ1) is 14.1. The van der Waals surface area contributed by atoms with Gasteiger partial charge in [0.2, 0.25) is 5.28 Å². The first-order valence-electron chi connectivity index (χ1n) is 8.74. The molecule has 0 aliphatic carbocycles. The van der Waals surface area contributed by atoms with E-state index in [0.717, 1.165) is 0 Å². The number of ether oxygens (including phenoxy) is 4. The fourth-order valence-electron chi connectivity index (χ4n) is 3.25. The second-order valence-corrected chi connectivity index (χ2v) is 7.68. The van der Waals surface area contributed by atoms with Crippen LogP contribution in [0.1, 0.15) is 27.0 Å². The highest BCUT2D eigenvalue weighted by molar-refractivity contribution is 6.42. The summed E-state index contributed by atoms with van der Waals surface area (Å²) in [5.41, 5.74) is 0.870.